The molecule has 32 heavy (non-hydrogen) atoms. The van der Waals surface area contributed by atoms with Gasteiger partial charge in [-0.1, -0.05) is 42.8 Å². The molecule has 0 aliphatic rings. The van der Waals surface area contributed by atoms with Gasteiger partial charge in [0.15, 0.2) is 0 Å². The SMILES string of the molecule is CCC(c1ccc(C#N)cc1)N(Cc1ccc(C(=O)O)cc1)S(=O)(=O)c1ccc(Cl)cc1. The van der Waals surface area contributed by atoms with Gasteiger partial charge < -0.3 is 5.11 Å². The van der Waals surface area contributed by atoms with Crippen LogP contribution in [0, 0.1) is 11.3 Å². The summed E-state index contributed by atoms with van der Waals surface area (Å²) < 4.78 is 28.7. The Morgan fingerprint density at radius 3 is 2.12 bits per heavy atom. The zero-order valence-electron chi connectivity index (χ0n) is 17.3. The lowest BCUT2D eigenvalue weighted by molar-refractivity contribution is 0.0697. The fourth-order valence-electron chi connectivity index (χ4n) is 3.42. The first kappa shape index (κ1) is 23.5. The molecule has 0 bridgehead atoms. The second kappa shape index (κ2) is 9.96. The molecule has 0 spiro atoms. The van der Waals surface area contributed by atoms with E-state index in [0.717, 1.165) is 5.56 Å². The Kier molecular flexibility index (Phi) is 7.31. The van der Waals surface area contributed by atoms with Crippen molar-refractivity contribution in [2.45, 2.75) is 30.8 Å². The van der Waals surface area contributed by atoms with Crippen LogP contribution in [-0.4, -0.2) is 23.8 Å². The van der Waals surface area contributed by atoms with E-state index >= 15 is 0 Å². The Balaban J connectivity index is 2.07. The van der Waals surface area contributed by atoms with Crippen molar-refractivity contribution in [2.24, 2.45) is 0 Å². The van der Waals surface area contributed by atoms with Crippen molar-refractivity contribution in [1.82, 2.24) is 4.31 Å². The summed E-state index contributed by atoms with van der Waals surface area (Å²) in [5.41, 5.74) is 2.02. The zero-order chi connectivity index (χ0) is 23.3. The monoisotopic (exact) mass is 468 g/mol. The van der Waals surface area contributed by atoms with Crippen molar-refractivity contribution >= 4 is 27.6 Å². The standard InChI is InChI=1S/C24H21ClN2O4S/c1-2-23(19-7-3-17(15-26)4-8-19)27(16-18-5-9-20(10-6-18)24(28)29)32(30,31)22-13-11-21(25)12-14-22/h3-14,23H,2,16H2,1H3,(H,28,29). The Hall–Kier alpha value is -3.18. The third-order valence-electron chi connectivity index (χ3n) is 5.12. The largest absolute Gasteiger partial charge is 0.478 e. The van der Waals surface area contributed by atoms with Crippen molar-refractivity contribution in [1.29, 1.82) is 5.26 Å². The number of carbonyl (C=O) groups is 1. The van der Waals surface area contributed by atoms with E-state index in [2.05, 4.69) is 6.07 Å². The quantitative estimate of drug-likeness (QED) is 0.486. The minimum absolute atomic E-state index is 0.0450. The summed E-state index contributed by atoms with van der Waals surface area (Å²) in [7, 11) is -3.92. The van der Waals surface area contributed by atoms with Crippen molar-refractivity contribution in [3.8, 4) is 6.07 Å². The third-order valence-corrected chi connectivity index (χ3v) is 7.24. The second-order valence-electron chi connectivity index (χ2n) is 7.16. The van der Waals surface area contributed by atoms with Gasteiger partial charge in [-0.25, -0.2) is 13.2 Å². The van der Waals surface area contributed by atoms with E-state index in [0.29, 0.717) is 22.6 Å². The van der Waals surface area contributed by atoms with E-state index in [9.17, 15) is 13.2 Å². The van der Waals surface area contributed by atoms with E-state index in [1.165, 1.54) is 40.7 Å². The summed E-state index contributed by atoms with van der Waals surface area (Å²) in [6.45, 7) is 1.93. The highest BCUT2D eigenvalue weighted by Crippen LogP contribution is 2.32. The number of nitrogens with zero attached hydrogens (tertiary/aromatic N) is 2. The first-order valence-electron chi connectivity index (χ1n) is 9.86. The van der Waals surface area contributed by atoms with Gasteiger partial charge in [0, 0.05) is 11.6 Å². The number of carboxylic acids is 1. The van der Waals surface area contributed by atoms with E-state index < -0.39 is 22.0 Å². The molecule has 0 fully saturated rings. The Bertz CT molecular complexity index is 1230. The van der Waals surface area contributed by atoms with Gasteiger partial charge in [0.1, 0.15) is 0 Å². The van der Waals surface area contributed by atoms with Gasteiger partial charge in [-0.15, -0.1) is 0 Å². The number of hydrogen-bond donors (Lipinski definition) is 1. The fraction of sp³-hybridized carbons (Fsp3) is 0.167. The van der Waals surface area contributed by atoms with Crippen LogP contribution in [0.2, 0.25) is 5.02 Å². The molecule has 0 amide bonds. The van der Waals surface area contributed by atoms with Gasteiger partial charge in [-0.2, -0.15) is 9.57 Å². The second-order valence-corrected chi connectivity index (χ2v) is 9.49. The Morgan fingerprint density at radius 2 is 1.62 bits per heavy atom. The highest BCUT2D eigenvalue weighted by atomic mass is 35.5. The van der Waals surface area contributed by atoms with Crippen molar-refractivity contribution in [3.63, 3.8) is 0 Å². The van der Waals surface area contributed by atoms with Crippen LogP contribution >= 0.6 is 11.6 Å². The van der Waals surface area contributed by atoms with Gasteiger partial charge in [0.05, 0.1) is 28.1 Å². The minimum atomic E-state index is -3.92. The molecule has 0 radical (unpaired) electrons. The lowest BCUT2D eigenvalue weighted by Crippen LogP contribution is -2.34. The first-order chi connectivity index (χ1) is 15.3. The Labute approximate surface area is 192 Å². The number of hydrogen-bond acceptors (Lipinski definition) is 4. The third kappa shape index (κ3) is 5.17. The lowest BCUT2D eigenvalue weighted by atomic mass is 10.0. The van der Waals surface area contributed by atoms with Gasteiger partial charge in [0.25, 0.3) is 0 Å². The molecule has 0 aromatic heterocycles. The highest BCUT2D eigenvalue weighted by Gasteiger charge is 2.32. The number of carboxylic acid groups (broad SMARTS) is 1. The maximum Gasteiger partial charge on any atom is 0.335 e. The normalized spacial score (nSPS) is 12.3. The summed E-state index contributed by atoms with van der Waals surface area (Å²) in [4.78, 5) is 11.3. The van der Waals surface area contributed by atoms with Gasteiger partial charge in [-0.05, 0) is 66.1 Å². The molecule has 1 unspecified atom stereocenters. The van der Waals surface area contributed by atoms with Crippen LogP contribution in [0.1, 0.15) is 46.4 Å². The molecule has 6 nitrogen and oxygen atoms in total. The highest BCUT2D eigenvalue weighted by molar-refractivity contribution is 7.89. The molecule has 3 aromatic rings. The summed E-state index contributed by atoms with van der Waals surface area (Å²) in [5, 5.41) is 18.6. The molecule has 3 aromatic carbocycles. The van der Waals surface area contributed by atoms with Crippen LogP contribution in [0.3, 0.4) is 0 Å². The van der Waals surface area contributed by atoms with Gasteiger partial charge >= 0.3 is 5.97 Å². The molecule has 0 saturated carbocycles. The minimum Gasteiger partial charge on any atom is -0.478 e. The van der Waals surface area contributed by atoms with E-state index in [1.54, 1.807) is 36.4 Å². The molecule has 1 atom stereocenters. The van der Waals surface area contributed by atoms with Crippen LogP contribution in [0.25, 0.3) is 0 Å². The summed E-state index contributed by atoms with van der Waals surface area (Å²) in [6.07, 6.45) is 0.492. The molecular weight excluding hydrogens is 448 g/mol. The van der Waals surface area contributed by atoms with E-state index in [4.69, 9.17) is 22.0 Å². The zero-order valence-corrected chi connectivity index (χ0v) is 18.8. The van der Waals surface area contributed by atoms with Crippen molar-refractivity contribution in [3.05, 3.63) is 100 Å². The number of nitriles is 1. The van der Waals surface area contributed by atoms with Gasteiger partial charge in [-0.3, -0.25) is 0 Å². The van der Waals surface area contributed by atoms with Crippen LogP contribution in [0.15, 0.2) is 77.7 Å². The predicted molar refractivity (Wildman–Crippen MR) is 122 cm³/mol. The summed E-state index contributed by atoms with van der Waals surface area (Å²) in [5.74, 6) is -1.05. The molecular formula is C24H21ClN2O4S. The van der Waals surface area contributed by atoms with Crippen LogP contribution in [0.5, 0.6) is 0 Å². The van der Waals surface area contributed by atoms with Crippen molar-refractivity contribution in [2.75, 3.05) is 0 Å². The number of halogens is 1. The van der Waals surface area contributed by atoms with E-state index in [1.807, 2.05) is 6.92 Å². The van der Waals surface area contributed by atoms with E-state index in [-0.39, 0.29) is 17.0 Å². The Morgan fingerprint density at radius 1 is 1.03 bits per heavy atom. The number of rotatable bonds is 8. The number of benzene rings is 3. The smallest absolute Gasteiger partial charge is 0.335 e. The van der Waals surface area contributed by atoms with Crippen molar-refractivity contribution < 1.29 is 18.3 Å². The molecule has 8 heteroatoms. The molecule has 3 rings (SSSR count). The molecule has 1 N–H and O–H groups in total. The summed E-state index contributed by atoms with van der Waals surface area (Å²) >= 11 is 5.94. The van der Waals surface area contributed by atoms with Crippen LogP contribution < -0.4 is 0 Å². The number of aromatic carboxylic acids is 1. The maximum atomic E-state index is 13.7. The molecule has 0 aliphatic carbocycles. The molecule has 0 aliphatic heterocycles. The van der Waals surface area contributed by atoms with Crippen LogP contribution in [0.4, 0.5) is 0 Å². The van der Waals surface area contributed by atoms with Gasteiger partial charge in [0.2, 0.25) is 10.0 Å². The first-order valence-corrected chi connectivity index (χ1v) is 11.7. The van der Waals surface area contributed by atoms with Crippen LogP contribution in [-0.2, 0) is 16.6 Å². The average molecular weight is 469 g/mol. The topological polar surface area (TPSA) is 98.5 Å². The lowest BCUT2D eigenvalue weighted by Gasteiger charge is -2.31. The predicted octanol–water partition coefficient (Wildman–Crippen LogP) is 5.25. The molecule has 0 saturated heterocycles. The number of sulfonamides is 1. The summed E-state index contributed by atoms with van der Waals surface area (Å²) in [6, 6.07) is 20.5. The molecule has 0 heterocycles. The fourth-order valence-corrected chi connectivity index (χ4v) is 5.22. The maximum absolute atomic E-state index is 13.7. The average Bonchev–Trinajstić information content (AvgIpc) is 2.80. The molecule has 164 valence electrons.